The van der Waals surface area contributed by atoms with Gasteiger partial charge in [0.25, 0.3) is 5.69 Å². The lowest BCUT2D eigenvalue weighted by atomic mass is 10.1. The zero-order valence-electron chi connectivity index (χ0n) is 16.7. The lowest BCUT2D eigenvalue weighted by Gasteiger charge is -2.33. The minimum Gasteiger partial charge on any atom is -0.325 e. The van der Waals surface area contributed by atoms with E-state index in [9.17, 15) is 23.3 Å². The number of nitro benzene ring substituents is 1. The molecule has 0 saturated carbocycles. The van der Waals surface area contributed by atoms with E-state index in [1.165, 1.54) is 28.6 Å². The van der Waals surface area contributed by atoms with Crippen molar-refractivity contribution in [1.29, 1.82) is 0 Å². The van der Waals surface area contributed by atoms with E-state index < -0.39 is 20.6 Å². The van der Waals surface area contributed by atoms with E-state index in [0.717, 1.165) is 17.7 Å². The van der Waals surface area contributed by atoms with Crippen molar-refractivity contribution in [3.63, 3.8) is 0 Å². The van der Waals surface area contributed by atoms with Gasteiger partial charge in [-0.15, -0.1) is 0 Å². The summed E-state index contributed by atoms with van der Waals surface area (Å²) < 4.78 is 27.0. The summed E-state index contributed by atoms with van der Waals surface area (Å²) in [5.74, 6) is -0.168. The highest BCUT2D eigenvalue weighted by Gasteiger charge is 2.33. The molecule has 1 aliphatic rings. The van der Waals surface area contributed by atoms with E-state index in [4.69, 9.17) is 0 Å². The Kier molecular flexibility index (Phi) is 6.80. The lowest BCUT2D eigenvalue weighted by Crippen LogP contribution is -2.50. The molecule has 0 radical (unpaired) electrons. The lowest BCUT2D eigenvalue weighted by molar-refractivity contribution is -0.387. The van der Waals surface area contributed by atoms with Crippen LogP contribution in [0.4, 0.5) is 11.4 Å². The number of anilines is 1. The normalized spacial score (nSPS) is 15.6. The zero-order valence-corrected chi connectivity index (χ0v) is 17.5. The number of aryl methyl sites for hydroxylation is 1. The van der Waals surface area contributed by atoms with Crippen molar-refractivity contribution in [2.75, 3.05) is 38.0 Å². The Labute approximate surface area is 175 Å². The van der Waals surface area contributed by atoms with Gasteiger partial charge < -0.3 is 5.32 Å². The van der Waals surface area contributed by atoms with E-state index in [0.29, 0.717) is 13.1 Å². The topological polar surface area (TPSA) is 113 Å². The summed E-state index contributed by atoms with van der Waals surface area (Å²) in [6, 6.07) is 13.0. The van der Waals surface area contributed by atoms with Crippen molar-refractivity contribution in [2.24, 2.45) is 0 Å². The number of nitrogens with one attached hydrogen (secondary N) is 1. The Morgan fingerprint density at radius 2 is 1.80 bits per heavy atom. The fourth-order valence-corrected chi connectivity index (χ4v) is 4.95. The van der Waals surface area contributed by atoms with Crippen LogP contribution in [0.15, 0.2) is 53.4 Å². The predicted molar refractivity (Wildman–Crippen MR) is 113 cm³/mol. The summed E-state index contributed by atoms with van der Waals surface area (Å²) in [5.41, 5.74) is 1.42. The van der Waals surface area contributed by atoms with Crippen LogP contribution in [-0.4, -0.2) is 61.2 Å². The molecule has 3 rings (SSSR count). The molecule has 160 valence electrons. The van der Waals surface area contributed by atoms with E-state index in [2.05, 4.69) is 5.32 Å². The van der Waals surface area contributed by atoms with Gasteiger partial charge in [0.1, 0.15) is 0 Å². The van der Waals surface area contributed by atoms with E-state index >= 15 is 0 Å². The molecular weight excluding hydrogens is 408 g/mol. The first-order valence-electron chi connectivity index (χ1n) is 9.66. The number of carbonyl (C=O) groups excluding carboxylic acids is 1. The number of nitrogens with zero attached hydrogens (tertiary/aromatic N) is 3. The van der Waals surface area contributed by atoms with E-state index in [1.54, 1.807) is 0 Å². The van der Waals surface area contributed by atoms with Crippen molar-refractivity contribution in [1.82, 2.24) is 9.21 Å². The largest absolute Gasteiger partial charge is 0.325 e. The van der Waals surface area contributed by atoms with Crippen LogP contribution >= 0.6 is 0 Å². The highest BCUT2D eigenvalue weighted by Crippen LogP contribution is 2.26. The molecule has 0 bridgehead atoms. The molecule has 2 aromatic rings. The highest BCUT2D eigenvalue weighted by molar-refractivity contribution is 7.89. The number of hydrogen-bond donors (Lipinski definition) is 1. The molecule has 1 aliphatic heterocycles. The van der Waals surface area contributed by atoms with Crippen molar-refractivity contribution in [3.8, 4) is 0 Å². The summed E-state index contributed by atoms with van der Waals surface area (Å²) >= 11 is 0. The van der Waals surface area contributed by atoms with Gasteiger partial charge in [-0.25, -0.2) is 8.42 Å². The monoisotopic (exact) mass is 432 g/mol. The molecule has 0 atom stereocenters. The van der Waals surface area contributed by atoms with Gasteiger partial charge in [-0.05, 0) is 30.2 Å². The molecule has 1 amide bonds. The standard InChI is InChI=1S/C20H24N4O5S/c1-2-16-6-5-7-17(14-16)21-20(25)15-22-10-12-23(13-11-22)30(28,29)19-9-4-3-8-18(19)24(26)27/h3-9,14H,2,10-13,15H2,1H3,(H,21,25). The van der Waals surface area contributed by atoms with Crippen LogP contribution < -0.4 is 5.32 Å². The van der Waals surface area contributed by atoms with Gasteiger partial charge in [-0.3, -0.25) is 19.8 Å². The second-order valence-corrected chi connectivity index (χ2v) is 8.91. The third-order valence-corrected chi connectivity index (χ3v) is 6.94. The molecule has 1 saturated heterocycles. The van der Waals surface area contributed by atoms with Crippen LogP contribution in [0.1, 0.15) is 12.5 Å². The van der Waals surface area contributed by atoms with Crippen molar-refractivity contribution < 1.29 is 18.1 Å². The summed E-state index contributed by atoms with van der Waals surface area (Å²) in [4.78, 5) is 24.4. The average molecular weight is 433 g/mol. The Hall–Kier alpha value is -2.82. The Morgan fingerprint density at radius 3 is 2.47 bits per heavy atom. The number of hydrogen-bond acceptors (Lipinski definition) is 6. The van der Waals surface area contributed by atoms with E-state index in [1.807, 2.05) is 36.1 Å². The molecule has 1 heterocycles. The Bertz CT molecular complexity index is 1030. The van der Waals surface area contributed by atoms with Crippen molar-refractivity contribution in [2.45, 2.75) is 18.2 Å². The number of sulfonamides is 1. The van der Waals surface area contributed by atoms with Gasteiger partial charge in [0.2, 0.25) is 15.9 Å². The second-order valence-electron chi connectivity index (χ2n) is 7.01. The first kappa shape index (κ1) is 21.9. The fraction of sp³-hybridized carbons (Fsp3) is 0.350. The Balaban J connectivity index is 1.59. The van der Waals surface area contributed by atoms with Gasteiger partial charge in [0, 0.05) is 37.9 Å². The van der Waals surface area contributed by atoms with Gasteiger partial charge in [0.15, 0.2) is 4.90 Å². The third kappa shape index (κ3) is 5.02. The molecule has 0 aliphatic carbocycles. The summed E-state index contributed by atoms with van der Waals surface area (Å²) in [7, 11) is -3.98. The first-order valence-corrected chi connectivity index (χ1v) is 11.1. The first-order chi connectivity index (χ1) is 14.3. The second kappa shape index (κ2) is 9.33. The Morgan fingerprint density at radius 1 is 1.10 bits per heavy atom. The molecular formula is C20H24N4O5S. The smallest absolute Gasteiger partial charge is 0.289 e. The molecule has 0 aromatic heterocycles. The summed E-state index contributed by atoms with van der Waals surface area (Å²) in [5, 5.41) is 14.0. The molecule has 0 unspecified atom stereocenters. The van der Waals surface area contributed by atoms with Crippen molar-refractivity contribution in [3.05, 3.63) is 64.2 Å². The van der Waals surface area contributed by atoms with Gasteiger partial charge in [-0.2, -0.15) is 4.31 Å². The number of rotatable bonds is 7. The molecule has 1 fully saturated rings. The molecule has 10 heteroatoms. The predicted octanol–water partition coefficient (Wildman–Crippen LogP) is 2.10. The molecule has 30 heavy (non-hydrogen) atoms. The molecule has 0 spiro atoms. The van der Waals surface area contributed by atoms with Gasteiger partial charge in [-0.1, -0.05) is 31.2 Å². The van der Waals surface area contributed by atoms with Crippen LogP contribution in [0, 0.1) is 10.1 Å². The van der Waals surface area contributed by atoms with Crippen LogP contribution in [0.2, 0.25) is 0 Å². The zero-order chi connectivity index (χ0) is 21.7. The molecule has 2 aromatic carbocycles. The number of nitro groups is 1. The highest BCUT2D eigenvalue weighted by atomic mass is 32.2. The van der Waals surface area contributed by atoms with Crippen LogP contribution in [0.5, 0.6) is 0 Å². The van der Waals surface area contributed by atoms with Gasteiger partial charge in [0.05, 0.1) is 11.5 Å². The third-order valence-electron chi connectivity index (χ3n) is 5.00. The van der Waals surface area contributed by atoms with Crippen LogP contribution in [0.3, 0.4) is 0 Å². The van der Waals surface area contributed by atoms with Gasteiger partial charge >= 0.3 is 0 Å². The summed E-state index contributed by atoms with van der Waals surface area (Å²) in [6.45, 7) is 3.23. The van der Waals surface area contributed by atoms with E-state index in [-0.39, 0.29) is 30.4 Å². The number of benzene rings is 2. The SMILES string of the molecule is CCc1cccc(NC(=O)CN2CCN(S(=O)(=O)c3ccccc3[N+](=O)[O-])CC2)c1. The summed E-state index contributed by atoms with van der Waals surface area (Å²) in [6.07, 6.45) is 0.875. The maximum Gasteiger partial charge on any atom is 0.289 e. The maximum atomic E-state index is 12.9. The van der Waals surface area contributed by atoms with Crippen LogP contribution in [0.25, 0.3) is 0 Å². The quantitative estimate of drug-likeness (QED) is 0.530. The fourth-order valence-electron chi connectivity index (χ4n) is 3.37. The number of carbonyl (C=O) groups is 1. The average Bonchev–Trinajstić information content (AvgIpc) is 2.74. The minimum absolute atomic E-state index is 0.149. The maximum absolute atomic E-state index is 12.9. The van der Waals surface area contributed by atoms with Crippen LogP contribution in [-0.2, 0) is 21.2 Å². The number of piperazine rings is 1. The molecule has 1 N–H and O–H groups in total. The van der Waals surface area contributed by atoms with Crippen molar-refractivity contribution >= 4 is 27.3 Å². The number of amides is 1. The number of para-hydroxylation sites is 1. The minimum atomic E-state index is -3.98. The molecule has 9 nitrogen and oxygen atoms in total.